The lowest BCUT2D eigenvalue weighted by Crippen LogP contribution is -2.52. The molecule has 3 rings (SSSR count). The summed E-state index contributed by atoms with van der Waals surface area (Å²) in [4.78, 5) is 14.6. The lowest BCUT2D eigenvalue weighted by Gasteiger charge is -2.36. The molecule has 5 nitrogen and oxygen atoms in total. The van der Waals surface area contributed by atoms with Gasteiger partial charge in [0, 0.05) is 18.8 Å². The minimum Gasteiger partial charge on any atom is -0.457 e. The number of benzene rings is 2. The van der Waals surface area contributed by atoms with Gasteiger partial charge in [0.05, 0.1) is 12.2 Å². The van der Waals surface area contributed by atoms with Crippen molar-refractivity contribution in [3.05, 3.63) is 54.6 Å². The van der Waals surface area contributed by atoms with Crippen molar-refractivity contribution in [3.63, 3.8) is 0 Å². The number of hydrogen-bond acceptors (Lipinski definition) is 4. The molecule has 0 bridgehead atoms. The van der Waals surface area contributed by atoms with Crippen LogP contribution in [0.5, 0.6) is 11.5 Å². The minimum absolute atomic E-state index is 0.0734. The van der Waals surface area contributed by atoms with Crippen LogP contribution in [0.3, 0.4) is 0 Å². The molecule has 1 fully saturated rings. The van der Waals surface area contributed by atoms with Crippen LogP contribution >= 0.6 is 0 Å². The van der Waals surface area contributed by atoms with E-state index in [0.29, 0.717) is 13.1 Å². The van der Waals surface area contributed by atoms with Gasteiger partial charge in [-0.3, -0.25) is 4.79 Å². The van der Waals surface area contributed by atoms with Crippen molar-refractivity contribution in [2.24, 2.45) is 0 Å². The van der Waals surface area contributed by atoms with E-state index in [1.807, 2.05) is 80.3 Å². The fraction of sp³-hybridized carbons (Fsp3) is 0.381. The highest BCUT2D eigenvalue weighted by molar-refractivity contribution is 5.84. The molecule has 1 aliphatic rings. The third-order valence-electron chi connectivity index (χ3n) is 4.32. The Morgan fingerprint density at radius 2 is 1.62 bits per heavy atom. The van der Waals surface area contributed by atoms with Crippen molar-refractivity contribution in [1.29, 1.82) is 0 Å². The summed E-state index contributed by atoms with van der Waals surface area (Å²) in [6.45, 7) is 7.17. The zero-order valence-corrected chi connectivity index (χ0v) is 15.5. The van der Waals surface area contributed by atoms with E-state index in [0.717, 1.165) is 17.2 Å². The van der Waals surface area contributed by atoms with Crippen LogP contribution in [0.1, 0.15) is 20.8 Å². The molecule has 1 heterocycles. The van der Waals surface area contributed by atoms with Crippen LogP contribution in [0.25, 0.3) is 0 Å². The number of rotatable bonds is 5. The Morgan fingerprint density at radius 3 is 2.23 bits per heavy atom. The number of amides is 1. The first-order valence-corrected chi connectivity index (χ1v) is 9.05. The molecule has 0 aromatic heterocycles. The number of nitrogens with zero attached hydrogens (tertiary/aromatic N) is 1. The molecule has 0 radical (unpaired) electrons. The Morgan fingerprint density at radius 1 is 1.04 bits per heavy atom. The molecular weight excluding hydrogens is 328 g/mol. The number of carbonyl (C=O) groups excluding carboxylic acids is 1. The molecule has 2 aromatic rings. The average Bonchev–Trinajstić information content (AvgIpc) is 2.63. The highest BCUT2D eigenvalue weighted by Gasteiger charge is 2.28. The molecule has 138 valence electrons. The summed E-state index contributed by atoms with van der Waals surface area (Å²) in [6, 6.07) is 17.0. The fourth-order valence-corrected chi connectivity index (χ4v) is 3.19. The van der Waals surface area contributed by atoms with E-state index >= 15 is 0 Å². The van der Waals surface area contributed by atoms with Gasteiger partial charge in [0.1, 0.15) is 17.5 Å². The van der Waals surface area contributed by atoms with E-state index in [2.05, 4.69) is 5.32 Å². The van der Waals surface area contributed by atoms with Crippen molar-refractivity contribution in [2.75, 3.05) is 18.4 Å². The van der Waals surface area contributed by atoms with Crippen molar-refractivity contribution in [2.45, 2.75) is 39.0 Å². The normalized spacial score (nSPS) is 21.1. The smallest absolute Gasteiger partial charge is 0.244 e. The third kappa shape index (κ3) is 4.76. The zero-order valence-electron chi connectivity index (χ0n) is 15.5. The van der Waals surface area contributed by atoms with E-state index in [1.54, 1.807) is 0 Å². The molecule has 3 atom stereocenters. The summed E-state index contributed by atoms with van der Waals surface area (Å²) in [6.07, 6.45) is 0.147. The monoisotopic (exact) mass is 354 g/mol. The number of carbonyl (C=O) groups is 1. The quantitative estimate of drug-likeness (QED) is 0.884. The first kappa shape index (κ1) is 18.3. The standard InChI is InChI=1S/C21H26N2O3/c1-15-13-23(14-16(2)25-15)21(24)17(3)22-18-9-11-20(12-10-18)26-19-7-5-4-6-8-19/h4-12,15-17,22H,13-14H2,1-3H3/t15-,16+,17-/m1/s1. The number of morpholine rings is 1. The number of para-hydroxylation sites is 1. The van der Waals surface area contributed by atoms with E-state index in [1.165, 1.54) is 0 Å². The van der Waals surface area contributed by atoms with Gasteiger partial charge in [-0.15, -0.1) is 0 Å². The molecule has 5 heteroatoms. The van der Waals surface area contributed by atoms with Gasteiger partial charge in [0.25, 0.3) is 0 Å². The maximum Gasteiger partial charge on any atom is 0.244 e. The van der Waals surface area contributed by atoms with Crippen molar-refractivity contribution < 1.29 is 14.3 Å². The second-order valence-corrected chi connectivity index (χ2v) is 6.81. The van der Waals surface area contributed by atoms with Crippen LogP contribution in [0, 0.1) is 0 Å². The van der Waals surface area contributed by atoms with Crippen LogP contribution in [0.2, 0.25) is 0 Å². The van der Waals surface area contributed by atoms with Gasteiger partial charge in [0.15, 0.2) is 0 Å². The Hall–Kier alpha value is -2.53. The molecule has 1 N–H and O–H groups in total. The number of ether oxygens (including phenoxy) is 2. The molecule has 0 spiro atoms. The molecule has 0 unspecified atom stereocenters. The molecule has 2 aromatic carbocycles. The van der Waals surface area contributed by atoms with Crippen molar-refractivity contribution in [3.8, 4) is 11.5 Å². The van der Waals surface area contributed by atoms with Crippen LogP contribution in [0.15, 0.2) is 54.6 Å². The highest BCUT2D eigenvalue weighted by Crippen LogP contribution is 2.23. The first-order chi connectivity index (χ1) is 12.5. The summed E-state index contributed by atoms with van der Waals surface area (Å²) >= 11 is 0. The van der Waals surface area contributed by atoms with E-state index < -0.39 is 0 Å². The van der Waals surface area contributed by atoms with Gasteiger partial charge in [0.2, 0.25) is 5.91 Å². The molecule has 1 amide bonds. The third-order valence-corrected chi connectivity index (χ3v) is 4.32. The topological polar surface area (TPSA) is 50.8 Å². The lowest BCUT2D eigenvalue weighted by molar-refractivity contribution is -0.143. The molecule has 0 aliphatic carbocycles. The van der Waals surface area contributed by atoms with Crippen molar-refractivity contribution in [1.82, 2.24) is 4.90 Å². The average molecular weight is 354 g/mol. The van der Waals surface area contributed by atoms with Gasteiger partial charge >= 0.3 is 0 Å². The van der Waals surface area contributed by atoms with Crippen LogP contribution in [-0.4, -0.2) is 42.1 Å². The van der Waals surface area contributed by atoms with Gasteiger partial charge in [-0.05, 0) is 57.2 Å². The molecule has 1 saturated heterocycles. The number of nitrogens with one attached hydrogen (secondary N) is 1. The number of anilines is 1. The second-order valence-electron chi connectivity index (χ2n) is 6.81. The Kier molecular flexibility index (Phi) is 5.78. The summed E-state index contributed by atoms with van der Waals surface area (Å²) in [7, 11) is 0. The van der Waals surface area contributed by atoms with Gasteiger partial charge < -0.3 is 19.7 Å². The Labute approximate surface area is 154 Å². The van der Waals surface area contributed by atoms with E-state index in [4.69, 9.17) is 9.47 Å². The second kappa shape index (κ2) is 8.23. The summed E-state index contributed by atoms with van der Waals surface area (Å²) in [5, 5.41) is 3.27. The van der Waals surface area contributed by atoms with E-state index in [9.17, 15) is 4.79 Å². The maximum atomic E-state index is 12.7. The Bertz CT molecular complexity index is 708. The van der Waals surface area contributed by atoms with Gasteiger partial charge in [-0.25, -0.2) is 0 Å². The maximum absolute atomic E-state index is 12.7. The zero-order chi connectivity index (χ0) is 18.5. The predicted molar refractivity (Wildman–Crippen MR) is 103 cm³/mol. The van der Waals surface area contributed by atoms with Gasteiger partial charge in [-0.1, -0.05) is 18.2 Å². The fourth-order valence-electron chi connectivity index (χ4n) is 3.19. The summed E-state index contributed by atoms with van der Waals surface area (Å²) in [5.41, 5.74) is 0.889. The molecule has 1 aliphatic heterocycles. The predicted octanol–water partition coefficient (Wildman–Crippen LogP) is 3.92. The van der Waals surface area contributed by atoms with Crippen LogP contribution < -0.4 is 10.1 Å². The largest absolute Gasteiger partial charge is 0.457 e. The molecule has 0 saturated carbocycles. The lowest BCUT2D eigenvalue weighted by atomic mass is 10.2. The molecular formula is C21H26N2O3. The SMILES string of the molecule is C[C@@H]1CN(C(=O)[C@@H](C)Nc2ccc(Oc3ccccc3)cc2)C[C@H](C)O1. The highest BCUT2D eigenvalue weighted by atomic mass is 16.5. The summed E-state index contributed by atoms with van der Waals surface area (Å²) in [5.74, 6) is 1.65. The van der Waals surface area contributed by atoms with Crippen molar-refractivity contribution >= 4 is 11.6 Å². The van der Waals surface area contributed by atoms with Gasteiger partial charge in [-0.2, -0.15) is 0 Å². The first-order valence-electron chi connectivity index (χ1n) is 9.05. The molecule has 26 heavy (non-hydrogen) atoms. The van der Waals surface area contributed by atoms with E-state index in [-0.39, 0.29) is 24.2 Å². The Balaban J connectivity index is 1.57. The van der Waals surface area contributed by atoms with Crippen LogP contribution in [-0.2, 0) is 9.53 Å². The van der Waals surface area contributed by atoms with Crippen LogP contribution in [0.4, 0.5) is 5.69 Å². The minimum atomic E-state index is -0.298. The summed E-state index contributed by atoms with van der Waals surface area (Å²) < 4.78 is 11.5. The number of hydrogen-bond donors (Lipinski definition) is 1.